The molecule has 5 nitrogen and oxygen atoms in total. The van der Waals surface area contributed by atoms with E-state index in [-0.39, 0.29) is 12.5 Å². The largest absolute Gasteiger partial charge is 0.497 e. The van der Waals surface area contributed by atoms with Crippen LogP contribution in [0.15, 0.2) is 42.5 Å². The van der Waals surface area contributed by atoms with E-state index < -0.39 is 0 Å². The molecule has 1 aromatic heterocycles. The summed E-state index contributed by atoms with van der Waals surface area (Å²) in [4.78, 5) is 17.1. The van der Waals surface area contributed by atoms with E-state index in [1.807, 2.05) is 43.3 Å². The maximum absolute atomic E-state index is 12.5. The number of ether oxygens (including phenoxy) is 2. The summed E-state index contributed by atoms with van der Waals surface area (Å²) < 4.78 is 11.2. The second-order valence-corrected chi connectivity index (χ2v) is 7.13. The molecule has 144 valence electrons. The van der Waals surface area contributed by atoms with Crippen molar-refractivity contribution in [3.63, 3.8) is 0 Å². The van der Waals surface area contributed by atoms with E-state index in [1.165, 1.54) is 24.0 Å². The normalized spacial score (nSPS) is 13.1. The molecule has 1 heterocycles. The number of benzene rings is 2. The number of carbonyl (C=O) groups excluding carboxylic acids is 1. The highest BCUT2D eigenvalue weighted by atomic mass is 16.5. The number of methoxy groups -OCH3 is 1. The summed E-state index contributed by atoms with van der Waals surface area (Å²) in [5, 5.41) is 3.85. The van der Waals surface area contributed by atoms with E-state index in [1.54, 1.807) is 7.11 Å². The summed E-state index contributed by atoms with van der Waals surface area (Å²) in [6.45, 7) is 1.85. The van der Waals surface area contributed by atoms with Crippen LogP contribution in [-0.4, -0.2) is 24.6 Å². The highest BCUT2D eigenvalue weighted by Crippen LogP contribution is 2.30. The predicted molar refractivity (Wildman–Crippen MR) is 110 cm³/mol. The molecule has 0 aliphatic heterocycles. The molecular formula is C23H24N2O3. The average Bonchev–Trinajstić information content (AvgIpc) is 2.72. The number of anilines is 1. The third-order valence-electron chi connectivity index (χ3n) is 5.13. The van der Waals surface area contributed by atoms with Crippen LogP contribution in [0.25, 0.3) is 10.9 Å². The third kappa shape index (κ3) is 3.79. The number of amides is 1. The van der Waals surface area contributed by atoms with Crippen molar-refractivity contribution in [2.24, 2.45) is 0 Å². The lowest BCUT2D eigenvalue weighted by atomic mass is 9.90. The smallest absolute Gasteiger partial charge is 0.262 e. The zero-order valence-corrected chi connectivity index (χ0v) is 16.2. The van der Waals surface area contributed by atoms with Gasteiger partial charge in [0.15, 0.2) is 6.61 Å². The fraction of sp³-hybridized carbons (Fsp3) is 0.304. The maximum Gasteiger partial charge on any atom is 0.262 e. The molecule has 0 spiro atoms. The Bertz CT molecular complexity index is 1030. The zero-order valence-electron chi connectivity index (χ0n) is 16.2. The molecule has 0 fully saturated rings. The van der Waals surface area contributed by atoms with Crippen molar-refractivity contribution in [1.29, 1.82) is 0 Å². The number of nitrogens with one attached hydrogen (secondary N) is 1. The van der Waals surface area contributed by atoms with Crippen LogP contribution in [0.1, 0.15) is 29.7 Å². The van der Waals surface area contributed by atoms with Gasteiger partial charge in [-0.2, -0.15) is 0 Å². The lowest BCUT2D eigenvalue weighted by Crippen LogP contribution is -2.22. The highest BCUT2D eigenvalue weighted by molar-refractivity contribution is 5.93. The number of aromatic nitrogens is 1. The second-order valence-electron chi connectivity index (χ2n) is 7.13. The molecule has 1 amide bonds. The minimum Gasteiger partial charge on any atom is -0.497 e. The number of aryl methyl sites for hydroxylation is 2. The first-order chi connectivity index (χ1) is 13.6. The van der Waals surface area contributed by atoms with Gasteiger partial charge in [0.2, 0.25) is 0 Å². The second kappa shape index (κ2) is 7.89. The van der Waals surface area contributed by atoms with Gasteiger partial charge in [-0.1, -0.05) is 12.1 Å². The van der Waals surface area contributed by atoms with Crippen molar-refractivity contribution < 1.29 is 14.3 Å². The quantitative estimate of drug-likeness (QED) is 0.715. The van der Waals surface area contributed by atoms with Crippen molar-refractivity contribution >= 4 is 22.5 Å². The van der Waals surface area contributed by atoms with Gasteiger partial charge >= 0.3 is 0 Å². The van der Waals surface area contributed by atoms with Gasteiger partial charge in [0.25, 0.3) is 5.91 Å². The van der Waals surface area contributed by atoms with E-state index in [4.69, 9.17) is 9.47 Å². The number of hydrogen-bond donors (Lipinski definition) is 1. The first kappa shape index (κ1) is 18.3. The van der Waals surface area contributed by atoms with E-state index >= 15 is 0 Å². The zero-order chi connectivity index (χ0) is 19.5. The van der Waals surface area contributed by atoms with Crippen molar-refractivity contribution in [1.82, 2.24) is 4.98 Å². The molecule has 1 aliphatic carbocycles. The van der Waals surface area contributed by atoms with E-state index in [2.05, 4.69) is 16.4 Å². The maximum atomic E-state index is 12.5. The monoisotopic (exact) mass is 376 g/mol. The Kier molecular flexibility index (Phi) is 5.15. The van der Waals surface area contributed by atoms with E-state index in [0.29, 0.717) is 5.75 Å². The molecule has 4 rings (SSSR count). The average molecular weight is 376 g/mol. The molecule has 28 heavy (non-hydrogen) atoms. The molecule has 1 aliphatic rings. The van der Waals surface area contributed by atoms with Gasteiger partial charge in [0.05, 0.1) is 12.6 Å². The Hall–Kier alpha value is -3.08. The molecule has 2 aromatic carbocycles. The summed E-state index contributed by atoms with van der Waals surface area (Å²) in [7, 11) is 1.62. The third-order valence-corrected chi connectivity index (χ3v) is 5.13. The van der Waals surface area contributed by atoms with Gasteiger partial charge < -0.3 is 14.8 Å². The van der Waals surface area contributed by atoms with Gasteiger partial charge in [-0.05, 0) is 68.0 Å². The minimum atomic E-state index is -0.163. The molecule has 0 saturated carbocycles. The van der Waals surface area contributed by atoms with Gasteiger partial charge in [0, 0.05) is 22.8 Å². The first-order valence-corrected chi connectivity index (χ1v) is 9.63. The van der Waals surface area contributed by atoms with Crippen LogP contribution in [0.4, 0.5) is 5.69 Å². The number of hydrogen-bond acceptors (Lipinski definition) is 4. The van der Waals surface area contributed by atoms with Crippen LogP contribution in [0.5, 0.6) is 11.5 Å². The van der Waals surface area contributed by atoms with Crippen LogP contribution < -0.4 is 14.8 Å². The van der Waals surface area contributed by atoms with Gasteiger partial charge in [-0.15, -0.1) is 0 Å². The van der Waals surface area contributed by atoms with Crippen LogP contribution in [0.3, 0.4) is 0 Å². The lowest BCUT2D eigenvalue weighted by Gasteiger charge is -2.19. The summed E-state index contributed by atoms with van der Waals surface area (Å²) in [5.41, 5.74) is 5.16. The lowest BCUT2D eigenvalue weighted by molar-refractivity contribution is -0.118. The van der Waals surface area contributed by atoms with Gasteiger partial charge in [0.1, 0.15) is 11.5 Å². The molecule has 0 radical (unpaired) electrons. The molecule has 0 saturated heterocycles. The fourth-order valence-electron chi connectivity index (χ4n) is 3.77. The Morgan fingerprint density at radius 1 is 1.14 bits per heavy atom. The number of nitrogens with zero attached hydrogens (tertiary/aromatic N) is 1. The molecule has 5 heteroatoms. The van der Waals surface area contributed by atoms with Crippen LogP contribution >= 0.6 is 0 Å². The summed E-state index contributed by atoms with van der Waals surface area (Å²) >= 11 is 0. The van der Waals surface area contributed by atoms with Crippen molar-refractivity contribution in [3.05, 3.63) is 59.3 Å². The van der Waals surface area contributed by atoms with E-state index in [0.717, 1.165) is 40.9 Å². The van der Waals surface area contributed by atoms with Crippen molar-refractivity contribution in [3.8, 4) is 11.5 Å². The summed E-state index contributed by atoms with van der Waals surface area (Å²) in [6, 6.07) is 13.6. The summed E-state index contributed by atoms with van der Waals surface area (Å²) in [6.07, 6.45) is 4.48. The van der Waals surface area contributed by atoms with Crippen LogP contribution in [-0.2, 0) is 17.6 Å². The van der Waals surface area contributed by atoms with Gasteiger partial charge in [-0.3, -0.25) is 9.78 Å². The molecular weight excluding hydrogens is 352 g/mol. The van der Waals surface area contributed by atoms with Crippen molar-refractivity contribution in [2.45, 2.75) is 32.6 Å². The molecule has 1 N–H and O–H groups in total. The molecule has 0 atom stereocenters. The van der Waals surface area contributed by atoms with Gasteiger partial charge in [-0.25, -0.2) is 0 Å². The fourth-order valence-corrected chi connectivity index (χ4v) is 3.77. The topological polar surface area (TPSA) is 60.5 Å². The number of carbonyl (C=O) groups is 1. The van der Waals surface area contributed by atoms with Crippen molar-refractivity contribution in [2.75, 3.05) is 19.0 Å². The Labute approximate surface area is 164 Å². The number of fused-ring (bicyclic) bond motifs is 2. The SMILES string of the molecule is COc1ccc2nc(C)cc(OCC(=O)Nc3cccc4c3CCCC4)c2c1. The van der Waals surface area contributed by atoms with E-state index in [9.17, 15) is 4.79 Å². The Balaban J connectivity index is 1.51. The molecule has 3 aromatic rings. The Morgan fingerprint density at radius 2 is 2.00 bits per heavy atom. The standard InChI is InChI=1S/C23H24N2O3/c1-15-12-22(19-13-17(27-2)10-11-21(19)24-15)28-14-23(26)25-20-9-5-7-16-6-3-4-8-18(16)20/h5,7,9-13H,3-4,6,8,14H2,1-2H3,(H,25,26). The number of pyridine rings is 1. The van der Waals surface area contributed by atoms with Crippen LogP contribution in [0.2, 0.25) is 0 Å². The number of rotatable bonds is 5. The first-order valence-electron chi connectivity index (χ1n) is 9.63. The summed E-state index contributed by atoms with van der Waals surface area (Å²) in [5.74, 6) is 1.19. The molecule has 0 bridgehead atoms. The predicted octanol–water partition coefficient (Wildman–Crippen LogP) is 4.45. The van der Waals surface area contributed by atoms with Crippen LogP contribution in [0, 0.1) is 6.92 Å². The minimum absolute atomic E-state index is 0.0561. The Morgan fingerprint density at radius 3 is 2.86 bits per heavy atom. The molecule has 0 unspecified atom stereocenters. The highest BCUT2D eigenvalue weighted by Gasteiger charge is 2.15.